The van der Waals surface area contributed by atoms with Crippen LogP contribution in [0.1, 0.15) is 29.9 Å². The van der Waals surface area contributed by atoms with Crippen LogP contribution >= 0.6 is 11.8 Å². The van der Waals surface area contributed by atoms with Crippen molar-refractivity contribution in [2.24, 2.45) is 0 Å². The second-order valence-electron chi connectivity index (χ2n) is 8.45. The minimum absolute atomic E-state index is 0.223. The Labute approximate surface area is 187 Å². The molecule has 0 saturated carbocycles. The molecule has 1 fully saturated rings. The quantitative estimate of drug-likeness (QED) is 0.746. The average Bonchev–Trinajstić information content (AvgIpc) is 2.93. The minimum Gasteiger partial charge on any atom is -0.497 e. The maximum Gasteiger partial charge on any atom is 0.407 e. The summed E-state index contributed by atoms with van der Waals surface area (Å²) in [4.78, 5) is 17.2. The molecule has 0 bridgehead atoms. The van der Waals surface area contributed by atoms with Crippen LogP contribution in [0.3, 0.4) is 0 Å². The highest BCUT2D eigenvalue weighted by atomic mass is 32.2. The predicted octanol–water partition coefficient (Wildman–Crippen LogP) is 4.66. The van der Waals surface area contributed by atoms with Gasteiger partial charge in [-0.05, 0) is 65.1 Å². The summed E-state index contributed by atoms with van der Waals surface area (Å²) in [7, 11) is 3.39. The Kier molecular flexibility index (Phi) is 5.48. The molecular formula is C24H28N2O4S. The molecule has 0 aliphatic carbocycles. The van der Waals surface area contributed by atoms with Crippen molar-refractivity contribution in [1.82, 2.24) is 4.90 Å². The predicted molar refractivity (Wildman–Crippen MR) is 123 cm³/mol. The number of amides is 1. The fourth-order valence-electron chi connectivity index (χ4n) is 5.39. The van der Waals surface area contributed by atoms with E-state index in [1.165, 1.54) is 21.7 Å². The van der Waals surface area contributed by atoms with Crippen molar-refractivity contribution < 1.29 is 19.4 Å². The first kappa shape index (κ1) is 20.5. The van der Waals surface area contributed by atoms with Crippen molar-refractivity contribution in [3.05, 3.63) is 41.5 Å². The summed E-state index contributed by atoms with van der Waals surface area (Å²) in [6.45, 7) is 2.76. The SMILES string of the molecule is COCc1cc(OC)ccc1-c1cc2c3c(c1)[C@@H]1CN(C(=O)O)CC[C@@H]1N3CCCS2. The van der Waals surface area contributed by atoms with Gasteiger partial charge in [-0.15, -0.1) is 11.8 Å². The molecule has 6 nitrogen and oxygen atoms in total. The monoisotopic (exact) mass is 440 g/mol. The van der Waals surface area contributed by atoms with E-state index >= 15 is 0 Å². The zero-order valence-corrected chi connectivity index (χ0v) is 18.8. The molecule has 1 amide bonds. The molecule has 31 heavy (non-hydrogen) atoms. The number of hydrogen-bond acceptors (Lipinski definition) is 5. The largest absolute Gasteiger partial charge is 0.497 e. The third-order valence-electron chi connectivity index (χ3n) is 6.76. The summed E-state index contributed by atoms with van der Waals surface area (Å²) in [5.41, 5.74) is 6.06. The smallest absolute Gasteiger partial charge is 0.407 e. The van der Waals surface area contributed by atoms with Crippen LogP contribution in [0.25, 0.3) is 11.1 Å². The zero-order valence-electron chi connectivity index (χ0n) is 18.0. The number of thioether (sulfide) groups is 1. The van der Waals surface area contributed by atoms with Gasteiger partial charge in [0, 0.05) is 43.6 Å². The molecule has 0 unspecified atom stereocenters. The molecule has 1 saturated heterocycles. The fraction of sp³-hybridized carbons (Fsp3) is 0.458. The summed E-state index contributed by atoms with van der Waals surface area (Å²) in [6, 6.07) is 11.2. The Balaban J connectivity index is 1.63. The van der Waals surface area contributed by atoms with E-state index in [2.05, 4.69) is 23.1 Å². The molecule has 0 radical (unpaired) electrons. The van der Waals surface area contributed by atoms with Gasteiger partial charge in [0.1, 0.15) is 5.75 Å². The third-order valence-corrected chi connectivity index (χ3v) is 7.88. The van der Waals surface area contributed by atoms with E-state index in [0.717, 1.165) is 42.0 Å². The molecule has 3 heterocycles. The maximum atomic E-state index is 11.7. The van der Waals surface area contributed by atoms with Crippen LogP contribution in [0.15, 0.2) is 35.2 Å². The standard InChI is InChI=1S/C24H28N2O4S/c1-29-14-16-10-17(30-2)4-5-18(16)15-11-19-20-13-25(24(27)28)8-6-21(20)26-7-3-9-31-22(12-15)23(19)26/h4-5,10-12,20-21H,3,6-9,13-14H2,1-2H3,(H,27,28)/t20-,21-/m0/s1. The molecule has 3 aliphatic heterocycles. The maximum absolute atomic E-state index is 11.7. The summed E-state index contributed by atoms with van der Waals surface area (Å²) in [5, 5.41) is 9.60. The summed E-state index contributed by atoms with van der Waals surface area (Å²) in [6.07, 6.45) is 1.23. The van der Waals surface area contributed by atoms with Crippen LogP contribution < -0.4 is 9.64 Å². The topological polar surface area (TPSA) is 62.2 Å². The number of benzene rings is 2. The molecule has 7 heteroatoms. The van der Waals surface area contributed by atoms with Crippen LogP contribution in [0, 0.1) is 0 Å². The lowest BCUT2D eigenvalue weighted by Crippen LogP contribution is -2.48. The van der Waals surface area contributed by atoms with Gasteiger partial charge < -0.3 is 24.4 Å². The highest BCUT2D eigenvalue weighted by molar-refractivity contribution is 7.99. The van der Waals surface area contributed by atoms with Crippen LogP contribution in [-0.4, -0.2) is 61.7 Å². The van der Waals surface area contributed by atoms with E-state index in [1.54, 1.807) is 19.1 Å². The number of rotatable bonds is 4. The average molecular weight is 441 g/mol. The molecule has 2 atom stereocenters. The second-order valence-corrected chi connectivity index (χ2v) is 9.59. The first-order valence-corrected chi connectivity index (χ1v) is 11.8. The van der Waals surface area contributed by atoms with Gasteiger partial charge in [-0.2, -0.15) is 0 Å². The van der Waals surface area contributed by atoms with Crippen LogP contribution in [0.2, 0.25) is 0 Å². The Morgan fingerprint density at radius 3 is 2.87 bits per heavy atom. The first-order valence-electron chi connectivity index (χ1n) is 10.8. The number of fused-ring (bicyclic) bond motifs is 3. The summed E-state index contributed by atoms with van der Waals surface area (Å²) < 4.78 is 10.9. The van der Waals surface area contributed by atoms with Gasteiger partial charge in [-0.25, -0.2) is 4.79 Å². The lowest BCUT2D eigenvalue weighted by Gasteiger charge is -2.37. The van der Waals surface area contributed by atoms with E-state index in [4.69, 9.17) is 9.47 Å². The zero-order chi connectivity index (χ0) is 21.5. The molecule has 2 aromatic rings. The van der Waals surface area contributed by atoms with Crippen molar-refractivity contribution in [3.8, 4) is 16.9 Å². The second kappa shape index (κ2) is 8.28. The van der Waals surface area contributed by atoms with Gasteiger partial charge >= 0.3 is 6.09 Å². The van der Waals surface area contributed by atoms with Crippen molar-refractivity contribution in [2.45, 2.75) is 36.3 Å². The van der Waals surface area contributed by atoms with Crippen molar-refractivity contribution in [3.63, 3.8) is 0 Å². The number of nitrogens with zero attached hydrogens (tertiary/aromatic N) is 2. The van der Waals surface area contributed by atoms with E-state index in [9.17, 15) is 9.90 Å². The van der Waals surface area contributed by atoms with Crippen LogP contribution in [0.5, 0.6) is 5.75 Å². The van der Waals surface area contributed by atoms with Crippen LogP contribution in [0.4, 0.5) is 10.5 Å². The normalized spacial score (nSPS) is 22.0. The number of ether oxygens (including phenoxy) is 2. The van der Waals surface area contributed by atoms with E-state index in [0.29, 0.717) is 25.7 Å². The van der Waals surface area contributed by atoms with E-state index in [-0.39, 0.29) is 5.92 Å². The van der Waals surface area contributed by atoms with Gasteiger partial charge in [-0.1, -0.05) is 6.07 Å². The number of carbonyl (C=O) groups is 1. The van der Waals surface area contributed by atoms with Crippen LogP contribution in [-0.2, 0) is 11.3 Å². The summed E-state index contributed by atoms with van der Waals surface area (Å²) >= 11 is 1.93. The lowest BCUT2D eigenvalue weighted by atomic mass is 9.87. The van der Waals surface area contributed by atoms with Gasteiger partial charge in [0.2, 0.25) is 0 Å². The summed E-state index contributed by atoms with van der Waals surface area (Å²) in [5.74, 6) is 2.15. The molecular weight excluding hydrogens is 412 g/mol. The van der Waals surface area contributed by atoms with Crippen molar-refractivity contribution in [2.75, 3.05) is 44.5 Å². The van der Waals surface area contributed by atoms with E-state index < -0.39 is 6.09 Å². The number of carboxylic acid groups (broad SMARTS) is 1. The van der Waals surface area contributed by atoms with Gasteiger partial charge in [0.25, 0.3) is 0 Å². The highest BCUT2D eigenvalue weighted by Crippen LogP contribution is 2.52. The van der Waals surface area contributed by atoms with Gasteiger partial charge in [0.15, 0.2) is 0 Å². The molecule has 2 aromatic carbocycles. The molecule has 1 N–H and O–H groups in total. The Bertz CT molecular complexity index is 1010. The van der Waals surface area contributed by atoms with Gasteiger partial charge in [-0.3, -0.25) is 0 Å². The Morgan fingerprint density at radius 1 is 1.23 bits per heavy atom. The molecule has 5 rings (SSSR count). The number of piperidine rings is 1. The number of likely N-dealkylation sites (tertiary alicyclic amines) is 1. The number of hydrogen-bond donors (Lipinski definition) is 1. The third kappa shape index (κ3) is 3.53. The highest BCUT2D eigenvalue weighted by Gasteiger charge is 2.44. The number of methoxy groups -OCH3 is 2. The molecule has 0 aromatic heterocycles. The molecule has 3 aliphatic rings. The molecule has 0 spiro atoms. The fourth-order valence-corrected chi connectivity index (χ4v) is 6.47. The van der Waals surface area contributed by atoms with Crippen molar-refractivity contribution in [1.29, 1.82) is 0 Å². The Hall–Kier alpha value is -2.38. The Morgan fingerprint density at radius 2 is 2.10 bits per heavy atom. The number of anilines is 1. The van der Waals surface area contributed by atoms with Gasteiger partial charge in [0.05, 0.1) is 19.4 Å². The minimum atomic E-state index is -0.811. The van der Waals surface area contributed by atoms with E-state index in [1.807, 2.05) is 23.9 Å². The van der Waals surface area contributed by atoms with Crippen molar-refractivity contribution >= 4 is 23.5 Å². The molecule has 164 valence electrons. The first-order chi connectivity index (χ1) is 15.1. The lowest BCUT2D eigenvalue weighted by molar-refractivity contribution is 0.127.